The number of rotatable bonds is 6. The van der Waals surface area contributed by atoms with Crippen LogP contribution >= 0.6 is 0 Å². The number of non-ortho nitro benzene ring substituents is 1. The molecule has 0 bridgehead atoms. The summed E-state index contributed by atoms with van der Waals surface area (Å²) in [5, 5.41) is 16.8. The number of hydrogen-bond donors (Lipinski definition) is 0. The maximum Gasteiger partial charge on any atom is 0.335 e. The van der Waals surface area contributed by atoms with Crippen LogP contribution in [0.4, 0.5) is 14.5 Å². The van der Waals surface area contributed by atoms with Gasteiger partial charge in [0.25, 0.3) is 11.8 Å². The van der Waals surface area contributed by atoms with E-state index in [1.54, 1.807) is 0 Å². The molecular weight excluding hydrogens is 336 g/mol. The van der Waals surface area contributed by atoms with Gasteiger partial charge in [-0.25, -0.2) is 8.42 Å². The van der Waals surface area contributed by atoms with E-state index in [1.165, 1.54) is 24.3 Å². The quantitative estimate of drug-likeness (QED) is 0.583. The maximum atomic E-state index is 11.9. The Morgan fingerprint density at radius 3 is 2.48 bits per heavy atom. The van der Waals surface area contributed by atoms with Crippen LogP contribution in [-0.2, 0) is 9.84 Å². The molecule has 122 valence electrons. The Morgan fingerprint density at radius 2 is 1.91 bits per heavy atom. The average molecular weight is 345 g/mol. The van der Waals surface area contributed by atoms with Gasteiger partial charge < -0.3 is 4.42 Å². The second kappa shape index (κ2) is 6.60. The van der Waals surface area contributed by atoms with E-state index in [-0.39, 0.29) is 18.0 Å². The van der Waals surface area contributed by atoms with Crippen LogP contribution in [0.3, 0.4) is 0 Å². The fourth-order valence-corrected chi connectivity index (χ4v) is 2.56. The Morgan fingerprint density at radius 1 is 1.26 bits per heavy atom. The number of halogens is 2. The van der Waals surface area contributed by atoms with Crippen molar-refractivity contribution in [3.63, 3.8) is 0 Å². The second-order valence-corrected chi connectivity index (χ2v) is 6.27. The number of aromatic nitrogens is 2. The zero-order chi connectivity index (χ0) is 17.0. The highest BCUT2D eigenvalue weighted by atomic mass is 32.2. The van der Waals surface area contributed by atoms with Crippen LogP contribution in [0.1, 0.15) is 6.42 Å². The van der Waals surface area contributed by atoms with Crippen LogP contribution < -0.4 is 0 Å². The van der Waals surface area contributed by atoms with Crippen molar-refractivity contribution in [2.75, 3.05) is 5.75 Å². The molecule has 8 nitrogen and oxygen atoms in total. The van der Waals surface area contributed by atoms with Crippen LogP contribution in [0.5, 0.6) is 0 Å². The Kier molecular flexibility index (Phi) is 4.79. The summed E-state index contributed by atoms with van der Waals surface area (Å²) >= 11 is 0. The third-order valence-electron chi connectivity index (χ3n) is 2.68. The van der Waals surface area contributed by atoms with Gasteiger partial charge in [-0.05, 0) is 24.6 Å². The van der Waals surface area contributed by atoms with Crippen LogP contribution in [0.25, 0.3) is 11.5 Å². The van der Waals surface area contributed by atoms with E-state index in [9.17, 15) is 27.3 Å². The zero-order valence-electron chi connectivity index (χ0n) is 11.3. The molecule has 2 aromatic rings. The average Bonchev–Trinajstić information content (AvgIpc) is 2.97. The summed E-state index contributed by atoms with van der Waals surface area (Å²) in [6.45, 7) is 0. The highest BCUT2D eigenvalue weighted by Gasteiger charge is 2.22. The molecule has 1 aromatic heterocycles. The molecule has 1 heterocycles. The van der Waals surface area contributed by atoms with Crippen molar-refractivity contribution in [3.05, 3.63) is 46.5 Å². The number of sulfone groups is 1. The van der Waals surface area contributed by atoms with Gasteiger partial charge in [0.05, 0.1) is 10.7 Å². The molecule has 0 radical (unpaired) electrons. The van der Waals surface area contributed by atoms with Crippen molar-refractivity contribution in [1.82, 2.24) is 10.2 Å². The van der Waals surface area contributed by atoms with E-state index in [4.69, 9.17) is 4.42 Å². The first-order valence-corrected chi connectivity index (χ1v) is 7.77. The van der Waals surface area contributed by atoms with E-state index < -0.39 is 31.8 Å². The van der Waals surface area contributed by atoms with E-state index in [1.807, 2.05) is 0 Å². The summed E-state index contributed by atoms with van der Waals surface area (Å²) < 4.78 is 52.5. The number of hydrogen-bond acceptors (Lipinski definition) is 7. The van der Waals surface area contributed by atoms with Crippen LogP contribution in [0.2, 0.25) is 0 Å². The first kappa shape index (κ1) is 16.7. The molecule has 0 saturated heterocycles. The van der Waals surface area contributed by atoms with Gasteiger partial charge in [-0.15, -0.1) is 5.10 Å². The lowest BCUT2D eigenvalue weighted by Gasteiger charge is -1.96. The molecule has 11 heteroatoms. The highest BCUT2D eigenvalue weighted by molar-refractivity contribution is 7.91. The van der Waals surface area contributed by atoms with E-state index in [0.29, 0.717) is 11.6 Å². The molecule has 0 saturated carbocycles. The summed E-state index contributed by atoms with van der Waals surface area (Å²) in [6.07, 6.45) is -1.89. The van der Waals surface area contributed by atoms with Crippen molar-refractivity contribution < 1.29 is 26.5 Å². The van der Waals surface area contributed by atoms with Gasteiger partial charge in [-0.1, -0.05) is 5.10 Å². The second-order valence-electron chi connectivity index (χ2n) is 4.28. The van der Waals surface area contributed by atoms with Gasteiger partial charge >= 0.3 is 5.22 Å². The number of nitrogens with zero attached hydrogens (tertiary/aromatic N) is 3. The monoisotopic (exact) mass is 345 g/mol. The summed E-state index contributed by atoms with van der Waals surface area (Å²) in [6, 6.07) is 5.04. The van der Waals surface area contributed by atoms with Gasteiger partial charge in [0, 0.05) is 17.7 Å². The van der Waals surface area contributed by atoms with Gasteiger partial charge in [0.1, 0.15) is 0 Å². The lowest BCUT2D eigenvalue weighted by Crippen LogP contribution is -2.06. The molecule has 23 heavy (non-hydrogen) atoms. The summed E-state index contributed by atoms with van der Waals surface area (Å²) in [4.78, 5) is 9.96. The molecule has 0 amide bonds. The number of benzene rings is 1. The molecule has 0 N–H and O–H groups in total. The van der Waals surface area contributed by atoms with Crippen LogP contribution in [-0.4, -0.2) is 29.3 Å². The summed E-state index contributed by atoms with van der Waals surface area (Å²) in [5.41, 5.74) is 0.139. The Hall–Kier alpha value is -2.69. The molecule has 2 rings (SSSR count). The summed E-state index contributed by atoms with van der Waals surface area (Å²) in [7, 11) is -3.99. The number of nitro benzene ring substituents is 1. The minimum atomic E-state index is -3.99. The molecular formula is C12H9F2N3O5S. The molecule has 0 fully saturated rings. The third kappa shape index (κ3) is 4.16. The van der Waals surface area contributed by atoms with Gasteiger partial charge in [0.2, 0.25) is 15.7 Å². The zero-order valence-corrected chi connectivity index (χ0v) is 12.2. The first-order chi connectivity index (χ1) is 10.8. The van der Waals surface area contributed by atoms with Gasteiger partial charge in [-0.3, -0.25) is 10.1 Å². The standard InChI is InChI=1S/C12H9F2N3O5S/c13-10(14)2-1-7-23(20,21)12-16-15-11(22-12)8-3-5-9(6-4-8)17(18)19/h2-6H,1,7H2. The van der Waals surface area contributed by atoms with Gasteiger partial charge in [-0.2, -0.15) is 8.78 Å². The molecule has 0 atom stereocenters. The van der Waals surface area contributed by atoms with Gasteiger partial charge in [0.15, 0.2) is 0 Å². The Balaban J connectivity index is 2.19. The molecule has 0 unspecified atom stereocenters. The predicted molar refractivity (Wildman–Crippen MR) is 73.4 cm³/mol. The Bertz CT molecular complexity index is 842. The van der Waals surface area contributed by atoms with Crippen LogP contribution in [0.15, 0.2) is 46.1 Å². The van der Waals surface area contributed by atoms with E-state index in [0.717, 1.165) is 0 Å². The van der Waals surface area contributed by atoms with Crippen LogP contribution in [0, 0.1) is 10.1 Å². The minimum absolute atomic E-state index is 0.148. The predicted octanol–water partition coefficient (Wildman–Crippen LogP) is 2.59. The molecule has 0 aliphatic heterocycles. The minimum Gasteiger partial charge on any atom is -0.408 e. The molecule has 0 aliphatic carbocycles. The number of nitro groups is 1. The normalized spacial score (nSPS) is 11.2. The smallest absolute Gasteiger partial charge is 0.335 e. The van der Waals surface area contributed by atoms with Crippen molar-refractivity contribution in [3.8, 4) is 11.5 Å². The van der Waals surface area contributed by atoms with E-state index in [2.05, 4.69) is 10.2 Å². The number of allylic oxidation sites excluding steroid dienone is 1. The molecule has 0 aliphatic rings. The lowest BCUT2D eigenvalue weighted by molar-refractivity contribution is -0.384. The van der Waals surface area contributed by atoms with Crippen molar-refractivity contribution in [1.29, 1.82) is 0 Å². The van der Waals surface area contributed by atoms with Crippen molar-refractivity contribution >= 4 is 15.5 Å². The van der Waals surface area contributed by atoms with Crippen molar-refractivity contribution in [2.24, 2.45) is 0 Å². The molecule has 1 aromatic carbocycles. The fraction of sp³-hybridized carbons (Fsp3) is 0.167. The Labute approximate surface area is 128 Å². The first-order valence-electron chi connectivity index (χ1n) is 6.12. The lowest BCUT2D eigenvalue weighted by atomic mass is 10.2. The maximum absolute atomic E-state index is 11.9. The largest absolute Gasteiger partial charge is 0.408 e. The highest BCUT2D eigenvalue weighted by Crippen LogP contribution is 2.23. The SMILES string of the molecule is O=[N+]([O-])c1ccc(-c2nnc(S(=O)(=O)CCC=C(F)F)o2)cc1. The summed E-state index contributed by atoms with van der Waals surface area (Å²) in [5.74, 6) is -0.752. The molecule has 0 spiro atoms. The topological polar surface area (TPSA) is 116 Å². The third-order valence-corrected chi connectivity index (χ3v) is 4.15. The fourth-order valence-electron chi connectivity index (χ4n) is 1.59. The van der Waals surface area contributed by atoms with Crippen molar-refractivity contribution in [2.45, 2.75) is 11.6 Å². The van der Waals surface area contributed by atoms with E-state index >= 15 is 0 Å².